The summed E-state index contributed by atoms with van der Waals surface area (Å²) in [5, 5.41) is 3.49. The predicted octanol–water partition coefficient (Wildman–Crippen LogP) is 3.63. The average Bonchev–Trinajstić information content (AvgIpc) is 2.91. The third-order valence-corrected chi connectivity index (χ3v) is 5.33. The first-order chi connectivity index (χ1) is 11.5. The lowest BCUT2D eigenvalue weighted by Crippen LogP contribution is -2.26. The van der Waals surface area contributed by atoms with Crippen molar-refractivity contribution >= 4 is 27.3 Å². The molecule has 1 amide bonds. The molecule has 0 atom stereocenters. The molecule has 0 aliphatic rings. The van der Waals surface area contributed by atoms with Gasteiger partial charge in [0.1, 0.15) is 0 Å². The van der Waals surface area contributed by atoms with Crippen molar-refractivity contribution in [2.24, 2.45) is 0 Å². The number of amides is 1. The van der Waals surface area contributed by atoms with Crippen molar-refractivity contribution in [3.8, 4) is 0 Å². The standard InChI is InChI=1S/C19H20N2O2S/c1-4-21-10-9-15-17(19(21)23)16(13(3)24-15)18(22)20-11-14-8-6-5-7-12(14)2/h5-10H,4,11H2,1-3H3,(H,20,22). The second-order valence-electron chi connectivity index (χ2n) is 5.79. The van der Waals surface area contributed by atoms with Crippen LogP contribution in [0.4, 0.5) is 0 Å². The Labute approximate surface area is 144 Å². The largest absolute Gasteiger partial charge is 0.348 e. The number of hydrogen-bond acceptors (Lipinski definition) is 3. The van der Waals surface area contributed by atoms with Crippen LogP contribution in [0.15, 0.2) is 41.3 Å². The van der Waals surface area contributed by atoms with E-state index in [0.717, 1.165) is 20.7 Å². The maximum atomic E-state index is 12.7. The Morgan fingerprint density at radius 3 is 2.67 bits per heavy atom. The topological polar surface area (TPSA) is 51.1 Å². The number of aryl methyl sites for hydroxylation is 3. The van der Waals surface area contributed by atoms with E-state index >= 15 is 0 Å². The maximum absolute atomic E-state index is 12.7. The highest BCUT2D eigenvalue weighted by molar-refractivity contribution is 7.19. The van der Waals surface area contributed by atoms with Gasteiger partial charge in [0, 0.05) is 28.9 Å². The number of nitrogens with one attached hydrogen (secondary N) is 1. The van der Waals surface area contributed by atoms with Crippen LogP contribution in [-0.4, -0.2) is 10.5 Å². The highest BCUT2D eigenvalue weighted by Gasteiger charge is 2.19. The second-order valence-corrected chi connectivity index (χ2v) is 7.04. The highest BCUT2D eigenvalue weighted by atomic mass is 32.1. The molecule has 0 saturated carbocycles. The molecule has 0 radical (unpaired) electrons. The highest BCUT2D eigenvalue weighted by Crippen LogP contribution is 2.28. The van der Waals surface area contributed by atoms with Gasteiger partial charge in [0.15, 0.2) is 0 Å². The van der Waals surface area contributed by atoms with Crippen LogP contribution in [-0.2, 0) is 13.1 Å². The Morgan fingerprint density at radius 2 is 1.96 bits per heavy atom. The zero-order chi connectivity index (χ0) is 17.3. The van der Waals surface area contributed by atoms with Crippen molar-refractivity contribution in [1.82, 2.24) is 9.88 Å². The Kier molecular flexibility index (Phi) is 4.53. The van der Waals surface area contributed by atoms with E-state index in [9.17, 15) is 9.59 Å². The van der Waals surface area contributed by atoms with Gasteiger partial charge in [-0.1, -0.05) is 24.3 Å². The van der Waals surface area contributed by atoms with Crippen molar-refractivity contribution in [3.63, 3.8) is 0 Å². The zero-order valence-corrected chi connectivity index (χ0v) is 14.9. The lowest BCUT2D eigenvalue weighted by molar-refractivity contribution is 0.0952. The van der Waals surface area contributed by atoms with Gasteiger partial charge in [0.2, 0.25) is 0 Å². The molecule has 0 fully saturated rings. The normalized spacial score (nSPS) is 11.0. The number of nitrogens with zero attached hydrogens (tertiary/aromatic N) is 1. The number of fused-ring (bicyclic) bond motifs is 1. The van der Waals surface area contributed by atoms with Gasteiger partial charge < -0.3 is 9.88 Å². The van der Waals surface area contributed by atoms with Gasteiger partial charge in [-0.25, -0.2) is 0 Å². The van der Waals surface area contributed by atoms with E-state index in [0.29, 0.717) is 24.0 Å². The van der Waals surface area contributed by atoms with E-state index in [2.05, 4.69) is 5.32 Å². The molecule has 2 heterocycles. The molecule has 1 aromatic carbocycles. The monoisotopic (exact) mass is 340 g/mol. The van der Waals surface area contributed by atoms with Gasteiger partial charge in [0.05, 0.1) is 10.9 Å². The van der Waals surface area contributed by atoms with E-state index in [-0.39, 0.29) is 11.5 Å². The summed E-state index contributed by atoms with van der Waals surface area (Å²) in [7, 11) is 0. The first-order valence-electron chi connectivity index (χ1n) is 7.98. The van der Waals surface area contributed by atoms with Crippen molar-refractivity contribution in [3.05, 3.63) is 68.4 Å². The fourth-order valence-electron chi connectivity index (χ4n) is 2.86. The van der Waals surface area contributed by atoms with Gasteiger partial charge >= 0.3 is 0 Å². The number of hydrogen-bond donors (Lipinski definition) is 1. The minimum Gasteiger partial charge on any atom is -0.348 e. The van der Waals surface area contributed by atoms with E-state index in [1.165, 1.54) is 11.3 Å². The summed E-state index contributed by atoms with van der Waals surface area (Å²) in [6, 6.07) is 9.87. The van der Waals surface area contributed by atoms with Gasteiger partial charge in [-0.05, 0) is 38.0 Å². The molecule has 0 unspecified atom stereocenters. The molecule has 3 aromatic rings. The summed E-state index contributed by atoms with van der Waals surface area (Å²) in [6.45, 7) is 6.88. The predicted molar refractivity (Wildman–Crippen MR) is 98.8 cm³/mol. The molecule has 0 bridgehead atoms. The molecule has 0 spiro atoms. The molecule has 0 aliphatic heterocycles. The van der Waals surface area contributed by atoms with Crippen LogP contribution >= 0.6 is 11.3 Å². The van der Waals surface area contributed by atoms with Gasteiger partial charge in [-0.15, -0.1) is 11.3 Å². The lowest BCUT2D eigenvalue weighted by Gasteiger charge is -2.08. The summed E-state index contributed by atoms with van der Waals surface area (Å²) in [5.74, 6) is -0.187. The zero-order valence-electron chi connectivity index (χ0n) is 14.1. The molecule has 4 nitrogen and oxygen atoms in total. The molecule has 2 aromatic heterocycles. The smallest absolute Gasteiger partial charge is 0.260 e. The van der Waals surface area contributed by atoms with Gasteiger partial charge in [0.25, 0.3) is 11.5 Å². The lowest BCUT2D eigenvalue weighted by atomic mass is 10.1. The number of carbonyl (C=O) groups excluding carboxylic acids is 1. The quantitative estimate of drug-likeness (QED) is 0.788. The van der Waals surface area contributed by atoms with Crippen LogP contribution in [0.3, 0.4) is 0 Å². The second kappa shape index (κ2) is 6.61. The molecule has 0 saturated heterocycles. The summed E-state index contributed by atoms with van der Waals surface area (Å²) in [4.78, 5) is 26.2. The molecular formula is C19H20N2O2S. The van der Waals surface area contributed by atoms with Crippen LogP contribution in [0.5, 0.6) is 0 Å². The van der Waals surface area contributed by atoms with Crippen molar-refractivity contribution in [2.45, 2.75) is 33.9 Å². The molecule has 1 N–H and O–H groups in total. The molecule has 124 valence electrons. The number of rotatable bonds is 4. The summed E-state index contributed by atoms with van der Waals surface area (Å²) < 4.78 is 2.50. The molecule has 3 rings (SSSR count). The average molecular weight is 340 g/mol. The molecule has 24 heavy (non-hydrogen) atoms. The Morgan fingerprint density at radius 1 is 1.21 bits per heavy atom. The summed E-state index contributed by atoms with van der Waals surface area (Å²) in [6.07, 6.45) is 1.79. The third kappa shape index (κ3) is 2.87. The van der Waals surface area contributed by atoms with Crippen molar-refractivity contribution in [2.75, 3.05) is 0 Å². The first kappa shape index (κ1) is 16.5. The number of thiophene rings is 1. The fraction of sp³-hybridized carbons (Fsp3) is 0.263. The molecule has 5 heteroatoms. The number of carbonyl (C=O) groups is 1. The van der Waals surface area contributed by atoms with E-state index in [1.807, 2.05) is 51.1 Å². The van der Waals surface area contributed by atoms with E-state index < -0.39 is 0 Å². The minimum absolute atomic E-state index is 0.0969. The van der Waals surface area contributed by atoms with Crippen molar-refractivity contribution < 1.29 is 4.79 Å². The third-order valence-electron chi connectivity index (χ3n) is 4.26. The molecular weight excluding hydrogens is 320 g/mol. The summed E-state index contributed by atoms with van der Waals surface area (Å²) in [5.41, 5.74) is 2.63. The van der Waals surface area contributed by atoms with Gasteiger partial charge in [-0.3, -0.25) is 9.59 Å². The number of pyridine rings is 1. The SMILES string of the molecule is CCn1ccc2sc(C)c(C(=O)NCc3ccccc3C)c2c1=O. The van der Waals surface area contributed by atoms with Crippen molar-refractivity contribution in [1.29, 1.82) is 0 Å². The maximum Gasteiger partial charge on any atom is 0.260 e. The minimum atomic E-state index is -0.187. The Hall–Kier alpha value is -2.40. The van der Waals surface area contributed by atoms with E-state index in [4.69, 9.17) is 0 Å². The molecule has 0 aliphatic carbocycles. The van der Waals surface area contributed by atoms with Crippen LogP contribution in [0.1, 0.15) is 33.3 Å². The number of aromatic nitrogens is 1. The number of benzene rings is 1. The van der Waals surface area contributed by atoms with Gasteiger partial charge in [-0.2, -0.15) is 0 Å². The van der Waals surface area contributed by atoms with Crippen LogP contribution < -0.4 is 10.9 Å². The van der Waals surface area contributed by atoms with Crippen LogP contribution in [0.2, 0.25) is 0 Å². The Bertz CT molecular complexity index is 969. The fourth-order valence-corrected chi connectivity index (χ4v) is 3.91. The van der Waals surface area contributed by atoms with Crippen LogP contribution in [0, 0.1) is 13.8 Å². The van der Waals surface area contributed by atoms with E-state index in [1.54, 1.807) is 10.8 Å². The summed E-state index contributed by atoms with van der Waals surface area (Å²) >= 11 is 1.49. The first-order valence-corrected chi connectivity index (χ1v) is 8.79. The van der Waals surface area contributed by atoms with Crippen LogP contribution in [0.25, 0.3) is 10.1 Å². The Balaban J connectivity index is 1.96.